The fraction of sp³-hybridized carbons (Fsp3) is 0.667. The number of aromatic nitrogens is 2. The number of hydrogen-bond acceptors (Lipinski definition) is 4. The highest BCUT2D eigenvalue weighted by Crippen LogP contribution is 2.40. The summed E-state index contributed by atoms with van der Waals surface area (Å²) >= 11 is 6.18. The molecular weight excluding hydrogens is 252 g/mol. The van der Waals surface area contributed by atoms with E-state index in [1.54, 1.807) is 13.2 Å². The summed E-state index contributed by atoms with van der Waals surface area (Å²) in [5.41, 5.74) is 6.59. The lowest BCUT2D eigenvalue weighted by Crippen LogP contribution is -2.48. The monoisotopic (exact) mass is 268 g/mol. The van der Waals surface area contributed by atoms with Gasteiger partial charge in [-0.1, -0.05) is 11.6 Å². The lowest BCUT2D eigenvalue weighted by Gasteiger charge is -2.39. The SMILES string of the molecule is Cn1ncc(N2C3CCC2CC(N)C3)c(Cl)c1=O. The molecule has 2 aliphatic heterocycles. The van der Waals surface area contributed by atoms with Crippen LogP contribution in [0.1, 0.15) is 25.7 Å². The van der Waals surface area contributed by atoms with Crippen LogP contribution in [0.3, 0.4) is 0 Å². The first-order valence-corrected chi connectivity index (χ1v) is 6.71. The normalized spacial score (nSPS) is 30.8. The van der Waals surface area contributed by atoms with Crippen LogP contribution in [-0.2, 0) is 7.05 Å². The molecule has 1 aromatic heterocycles. The Kier molecular flexibility index (Phi) is 2.83. The Morgan fingerprint density at radius 2 is 2.00 bits per heavy atom. The molecule has 98 valence electrons. The first-order valence-electron chi connectivity index (χ1n) is 6.33. The maximum atomic E-state index is 11.8. The summed E-state index contributed by atoms with van der Waals surface area (Å²) in [6.45, 7) is 0. The van der Waals surface area contributed by atoms with Crippen LogP contribution in [0.15, 0.2) is 11.0 Å². The third-order valence-electron chi connectivity index (χ3n) is 4.11. The van der Waals surface area contributed by atoms with Crippen molar-refractivity contribution >= 4 is 17.3 Å². The third kappa shape index (κ3) is 1.73. The molecule has 6 heteroatoms. The molecule has 3 rings (SSSR count). The van der Waals surface area contributed by atoms with E-state index in [-0.39, 0.29) is 16.6 Å². The molecule has 0 aliphatic carbocycles. The molecule has 3 heterocycles. The maximum absolute atomic E-state index is 11.8. The summed E-state index contributed by atoms with van der Waals surface area (Å²) in [6.07, 6.45) is 5.91. The highest BCUT2D eigenvalue weighted by molar-refractivity contribution is 6.33. The van der Waals surface area contributed by atoms with Gasteiger partial charge in [0.1, 0.15) is 5.02 Å². The molecule has 2 fully saturated rings. The standard InChI is InChI=1S/C12H17ClN4O/c1-16-12(18)11(13)10(6-15-16)17-8-2-3-9(17)5-7(14)4-8/h6-9H,2-5,14H2,1H3. The van der Waals surface area contributed by atoms with Gasteiger partial charge in [0, 0.05) is 25.2 Å². The number of nitrogens with zero attached hydrogens (tertiary/aromatic N) is 3. The van der Waals surface area contributed by atoms with E-state index in [1.807, 2.05) is 0 Å². The Balaban J connectivity index is 2.02. The van der Waals surface area contributed by atoms with Crippen molar-refractivity contribution in [3.05, 3.63) is 21.6 Å². The van der Waals surface area contributed by atoms with Crippen molar-refractivity contribution in [2.45, 2.75) is 43.8 Å². The van der Waals surface area contributed by atoms with Gasteiger partial charge in [-0.15, -0.1) is 0 Å². The van der Waals surface area contributed by atoms with Crippen molar-refractivity contribution in [2.75, 3.05) is 4.90 Å². The highest BCUT2D eigenvalue weighted by Gasteiger charge is 2.40. The molecule has 2 aliphatic rings. The zero-order valence-electron chi connectivity index (χ0n) is 10.3. The van der Waals surface area contributed by atoms with Gasteiger partial charge in [0.05, 0.1) is 11.9 Å². The summed E-state index contributed by atoms with van der Waals surface area (Å²) in [4.78, 5) is 14.1. The van der Waals surface area contributed by atoms with Crippen LogP contribution in [-0.4, -0.2) is 27.9 Å². The quantitative estimate of drug-likeness (QED) is 0.822. The molecule has 0 spiro atoms. The van der Waals surface area contributed by atoms with E-state index in [9.17, 15) is 4.79 Å². The number of anilines is 1. The van der Waals surface area contributed by atoms with Crippen molar-refractivity contribution < 1.29 is 0 Å². The van der Waals surface area contributed by atoms with Gasteiger partial charge in [-0.05, 0) is 25.7 Å². The molecular formula is C12H17ClN4O. The summed E-state index contributed by atoms with van der Waals surface area (Å²) in [6, 6.07) is 1.09. The van der Waals surface area contributed by atoms with Gasteiger partial charge in [0.25, 0.3) is 5.56 Å². The molecule has 2 N–H and O–H groups in total. The molecule has 18 heavy (non-hydrogen) atoms. The summed E-state index contributed by atoms with van der Waals surface area (Å²) < 4.78 is 1.27. The number of aryl methyl sites for hydroxylation is 1. The Bertz CT molecular complexity index is 515. The van der Waals surface area contributed by atoms with Gasteiger partial charge in [-0.25, -0.2) is 4.68 Å². The minimum absolute atomic E-state index is 0.233. The lowest BCUT2D eigenvalue weighted by atomic mass is 9.98. The molecule has 0 saturated carbocycles. The van der Waals surface area contributed by atoms with E-state index in [0.717, 1.165) is 31.4 Å². The minimum atomic E-state index is -0.233. The second-order valence-corrected chi connectivity index (χ2v) is 5.67. The summed E-state index contributed by atoms with van der Waals surface area (Å²) in [5.74, 6) is 0. The lowest BCUT2D eigenvalue weighted by molar-refractivity contribution is 0.413. The van der Waals surface area contributed by atoms with Gasteiger partial charge < -0.3 is 10.6 Å². The van der Waals surface area contributed by atoms with Gasteiger partial charge in [-0.2, -0.15) is 5.10 Å². The second kappa shape index (κ2) is 4.24. The molecule has 2 saturated heterocycles. The van der Waals surface area contributed by atoms with Gasteiger partial charge in [0.15, 0.2) is 0 Å². The van der Waals surface area contributed by atoms with Crippen molar-refractivity contribution in [2.24, 2.45) is 12.8 Å². The number of nitrogens with two attached hydrogens (primary N) is 1. The van der Waals surface area contributed by atoms with Crippen LogP contribution >= 0.6 is 11.6 Å². The van der Waals surface area contributed by atoms with E-state index in [4.69, 9.17) is 17.3 Å². The topological polar surface area (TPSA) is 64.2 Å². The first-order chi connectivity index (χ1) is 8.58. The van der Waals surface area contributed by atoms with E-state index < -0.39 is 0 Å². The molecule has 0 radical (unpaired) electrons. The predicted octanol–water partition coefficient (Wildman–Crippen LogP) is 0.892. The van der Waals surface area contributed by atoms with E-state index in [1.165, 1.54) is 4.68 Å². The van der Waals surface area contributed by atoms with E-state index in [2.05, 4.69) is 10.00 Å². The average molecular weight is 269 g/mol. The summed E-state index contributed by atoms with van der Waals surface area (Å²) in [5, 5.41) is 4.35. The van der Waals surface area contributed by atoms with Crippen LogP contribution in [0.4, 0.5) is 5.69 Å². The Labute approximate surface area is 111 Å². The second-order valence-electron chi connectivity index (χ2n) is 5.30. The fourth-order valence-electron chi connectivity index (χ4n) is 3.29. The number of fused-ring (bicyclic) bond motifs is 2. The molecule has 0 amide bonds. The molecule has 5 nitrogen and oxygen atoms in total. The Hall–Kier alpha value is -1.07. The number of rotatable bonds is 1. The highest BCUT2D eigenvalue weighted by atomic mass is 35.5. The van der Waals surface area contributed by atoms with E-state index in [0.29, 0.717) is 12.1 Å². The predicted molar refractivity (Wildman–Crippen MR) is 71.0 cm³/mol. The van der Waals surface area contributed by atoms with Crippen LogP contribution in [0.25, 0.3) is 0 Å². The van der Waals surface area contributed by atoms with Crippen molar-refractivity contribution in [3.63, 3.8) is 0 Å². The van der Waals surface area contributed by atoms with Gasteiger partial charge in [-0.3, -0.25) is 4.79 Å². The number of halogens is 1. The number of hydrogen-bond donors (Lipinski definition) is 1. The van der Waals surface area contributed by atoms with Crippen LogP contribution in [0.5, 0.6) is 0 Å². The molecule has 2 atom stereocenters. The average Bonchev–Trinajstić information content (AvgIpc) is 2.59. The third-order valence-corrected chi connectivity index (χ3v) is 4.46. The van der Waals surface area contributed by atoms with Gasteiger partial charge in [0.2, 0.25) is 0 Å². The largest absolute Gasteiger partial charge is 0.363 e. The van der Waals surface area contributed by atoms with Crippen LogP contribution < -0.4 is 16.2 Å². The molecule has 2 bridgehead atoms. The summed E-state index contributed by atoms with van der Waals surface area (Å²) in [7, 11) is 1.61. The van der Waals surface area contributed by atoms with Crippen LogP contribution in [0, 0.1) is 0 Å². The molecule has 0 aromatic carbocycles. The smallest absolute Gasteiger partial charge is 0.287 e. The zero-order valence-corrected chi connectivity index (χ0v) is 11.1. The zero-order chi connectivity index (χ0) is 12.9. The number of piperidine rings is 1. The fourth-order valence-corrected chi connectivity index (χ4v) is 3.56. The Morgan fingerprint density at radius 1 is 1.39 bits per heavy atom. The first kappa shape index (κ1) is 12.0. The van der Waals surface area contributed by atoms with Crippen molar-refractivity contribution in [3.8, 4) is 0 Å². The van der Waals surface area contributed by atoms with E-state index >= 15 is 0 Å². The van der Waals surface area contributed by atoms with Crippen LogP contribution in [0.2, 0.25) is 5.02 Å². The van der Waals surface area contributed by atoms with Crippen molar-refractivity contribution in [1.29, 1.82) is 0 Å². The minimum Gasteiger partial charge on any atom is -0.363 e. The van der Waals surface area contributed by atoms with Crippen molar-refractivity contribution in [1.82, 2.24) is 9.78 Å². The van der Waals surface area contributed by atoms with Gasteiger partial charge >= 0.3 is 0 Å². The molecule has 1 aromatic rings. The maximum Gasteiger partial charge on any atom is 0.287 e. The molecule has 2 unspecified atom stereocenters. The Morgan fingerprint density at radius 3 is 2.61 bits per heavy atom.